The largest absolute Gasteiger partial charge is 0.448 e. The molecule has 0 aliphatic heterocycles. The van der Waals surface area contributed by atoms with Gasteiger partial charge in [0.15, 0.2) is 0 Å². The minimum absolute atomic E-state index is 0.207. The molecule has 19 heavy (non-hydrogen) atoms. The maximum Gasteiger partial charge on any atom is 0.404 e. The molecule has 0 fully saturated rings. The van der Waals surface area contributed by atoms with Crippen LogP contribution in [0.2, 0.25) is 0 Å². The number of aryl methyl sites for hydroxylation is 1. The van der Waals surface area contributed by atoms with E-state index in [1.54, 1.807) is 0 Å². The zero-order valence-electron chi connectivity index (χ0n) is 11.4. The van der Waals surface area contributed by atoms with Crippen molar-refractivity contribution in [2.24, 2.45) is 5.73 Å². The van der Waals surface area contributed by atoms with E-state index in [9.17, 15) is 4.79 Å². The predicted octanol–water partition coefficient (Wildman–Crippen LogP) is 1.37. The van der Waals surface area contributed by atoms with Crippen molar-refractivity contribution < 1.29 is 9.53 Å². The van der Waals surface area contributed by atoms with Gasteiger partial charge in [-0.25, -0.2) is 14.8 Å². The highest BCUT2D eigenvalue weighted by atomic mass is 16.5. The maximum absolute atomic E-state index is 10.4. The first-order chi connectivity index (χ1) is 9.15. The molecule has 0 aliphatic rings. The van der Waals surface area contributed by atoms with Crippen molar-refractivity contribution in [3.63, 3.8) is 0 Å². The van der Waals surface area contributed by atoms with Crippen molar-refractivity contribution in [3.05, 3.63) is 11.9 Å². The molecule has 0 atom stereocenters. The van der Waals surface area contributed by atoms with Crippen LogP contribution in [-0.4, -0.2) is 35.8 Å². The number of primary amides is 1. The van der Waals surface area contributed by atoms with Crippen molar-refractivity contribution in [2.75, 3.05) is 30.3 Å². The summed E-state index contributed by atoms with van der Waals surface area (Å²) in [5.41, 5.74) is 4.87. The molecule has 7 nitrogen and oxygen atoms in total. The molecule has 106 valence electrons. The summed E-state index contributed by atoms with van der Waals surface area (Å²) in [5, 5.41) is 6.23. The van der Waals surface area contributed by atoms with Gasteiger partial charge in [0.25, 0.3) is 0 Å². The van der Waals surface area contributed by atoms with Crippen molar-refractivity contribution in [2.45, 2.75) is 26.7 Å². The summed E-state index contributed by atoms with van der Waals surface area (Å²) in [5.74, 6) is 2.29. The van der Waals surface area contributed by atoms with Crippen molar-refractivity contribution in [1.82, 2.24) is 9.97 Å². The average molecular weight is 267 g/mol. The summed E-state index contributed by atoms with van der Waals surface area (Å²) in [4.78, 5) is 19.2. The Bertz CT molecular complexity index is 387. The third-order valence-corrected chi connectivity index (χ3v) is 2.26. The van der Waals surface area contributed by atoms with Crippen molar-refractivity contribution >= 4 is 17.7 Å². The van der Waals surface area contributed by atoms with E-state index in [1.807, 2.05) is 13.0 Å². The molecule has 1 aromatic rings. The van der Waals surface area contributed by atoms with Crippen LogP contribution in [-0.2, 0) is 11.2 Å². The maximum atomic E-state index is 10.4. The van der Waals surface area contributed by atoms with Crippen LogP contribution in [0.25, 0.3) is 0 Å². The number of nitrogens with one attached hydrogen (secondary N) is 2. The highest BCUT2D eigenvalue weighted by Crippen LogP contribution is 2.12. The lowest BCUT2D eigenvalue weighted by atomic mass is 10.3. The van der Waals surface area contributed by atoms with Gasteiger partial charge >= 0.3 is 6.09 Å². The van der Waals surface area contributed by atoms with Gasteiger partial charge in [-0.3, -0.25) is 0 Å². The Morgan fingerprint density at radius 3 is 2.58 bits per heavy atom. The van der Waals surface area contributed by atoms with Gasteiger partial charge in [-0.05, 0) is 13.3 Å². The third-order valence-electron chi connectivity index (χ3n) is 2.26. The Balaban J connectivity index is 2.61. The number of nitrogens with zero attached hydrogens (tertiary/aromatic N) is 2. The zero-order valence-corrected chi connectivity index (χ0v) is 11.4. The van der Waals surface area contributed by atoms with E-state index in [0.29, 0.717) is 12.4 Å². The van der Waals surface area contributed by atoms with Crippen molar-refractivity contribution in [1.29, 1.82) is 0 Å². The van der Waals surface area contributed by atoms with Crippen molar-refractivity contribution in [3.8, 4) is 0 Å². The highest BCUT2D eigenvalue weighted by molar-refractivity contribution is 5.64. The topological polar surface area (TPSA) is 102 Å². The van der Waals surface area contributed by atoms with Gasteiger partial charge in [-0.2, -0.15) is 0 Å². The molecule has 0 radical (unpaired) electrons. The molecule has 1 rings (SSSR count). The van der Waals surface area contributed by atoms with Crippen LogP contribution < -0.4 is 16.4 Å². The normalized spacial score (nSPS) is 10.0. The van der Waals surface area contributed by atoms with Crippen LogP contribution in [0.4, 0.5) is 16.4 Å². The summed E-state index contributed by atoms with van der Waals surface area (Å²) < 4.78 is 4.64. The highest BCUT2D eigenvalue weighted by Gasteiger charge is 2.03. The number of carbonyl (C=O) groups is 1. The molecule has 4 N–H and O–H groups in total. The van der Waals surface area contributed by atoms with Gasteiger partial charge in [-0.1, -0.05) is 6.92 Å². The molecule has 0 spiro atoms. The molecule has 7 heteroatoms. The Morgan fingerprint density at radius 1 is 1.32 bits per heavy atom. The Morgan fingerprint density at radius 2 is 2.00 bits per heavy atom. The number of hydrogen-bond acceptors (Lipinski definition) is 6. The SMILES string of the molecule is CCCc1nc(NCC)cc(NCCOC(N)=O)n1. The standard InChI is InChI=1S/C12H21N5O2/c1-3-5-9-16-10(14-4-2)8-11(17-9)15-6-7-19-12(13)18/h8H,3-7H2,1-2H3,(H2,13,18)(H2,14,15,16,17). The molecule has 0 unspecified atom stereocenters. The summed E-state index contributed by atoms with van der Waals surface area (Å²) in [6.45, 7) is 5.55. The van der Waals surface area contributed by atoms with Crippen LogP contribution in [0.15, 0.2) is 6.07 Å². The molecule has 0 aromatic carbocycles. The first kappa shape index (κ1) is 15.0. The molecular weight excluding hydrogens is 246 g/mol. The molecule has 1 amide bonds. The number of hydrogen-bond donors (Lipinski definition) is 3. The van der Waals surface area contributed by atoms with Gasteiger partial charge in [0, 0.05) is 19.0 Å². The quantitative estimate of drug-likeness (QED) is 0.615. The Hall–Kier alpha value is -2.05. The van der Waals surface area contributed by atoms with Gasteiger partial charge in [0.1, 0.15) is 24.1 Å². The second-order valence-corrected chi connectivity index (χ2v) is 3.93. The third kappa shape index (κ3) is 5.89. The van der Waals surface area contributed by atoms with Gasteiger partial charge in [0.05, 0.1) is 6.54 Å². The predicted molar refractivity (Wildman–Crippen MR) is 74.2 cm³/mol. The number of nitrogens with two attached hydrogens (primary N) is 1. The zero-order chi connectivity index (χ0) is 14.1. The van der Waals surface area contributed by atoms with E-state index in [-0.39, 0.29) is 6.61 Å². The van der Waals surface area contributed by atoms with Crippen LogP contribution >= 0.6 is 0 Å². The lowest BCUT2D eigenvalue weighted by Crippen LogP contribution is -2.19. The molecule has 0 saturated heterocycles. The number of anilines is 2. The summed E-state index contributed by atoms with van der Waals surface area (Å²) in [6, 6.07) is 1.83. The van der Waals surface area contributed by atoms with Gasteiger partial charge in [-0.15, -0.1) is 0 Å². The number of carbonyl (C=O) groups excluding carboxylic acids is 1. The fourth-order valence-corrected chi connectivity index (χ4v) is 1.53. The minimum Gasteiger partial charge on any atom is -0.448 e. The van der Waals surface area contributed by atoms with Crippen LogP contribution in [0, 0.1) is 0 Å². The molecule has 0 aliphatic carbocycles. The first-order valence-corrected chi connectivity index (χ1v) is 6.43. The van der Waals surface area contributed by atoms with E-state index in [2.05, 4.69) is 32.3 Å². The fourth-order valence-electron chi connectivity index (χ4n) is 1.53. The Labute approximate surface area is 113 Å². The number of aromatic nitrogens is 2. The summed E-state index contributed by atoms with van der Waals surface area (Å²) >= 11 is 0. The lowest BCUT2D eigenvalue weighted by Gasteiger charge is -2.10. The molecule has 1 heterocycles. The molecule has 0 saturated carbocycles. The molecule has 0 bridgehead atoms. The lowest BCUT2D eigenvalue weighted by molar-refractivity contribution is 0.161. The van der Waals surface area contributed by atoms with E-state index < -0.39 is 6.09 Å². The van der Waals surface area contributed by atoms with E-state index in [1.165, 1.54) is 0 Å². The Kier molecular flexibility index (Phi) is 6.42. The average Bonchev–Trinajstić information content (AvgIpc) is 2.35. The first-order valence-electron chi connectivity index (χ1n) is 6.43. The number of ether oxygens (including phenoxy) is 1. The van der Waals surface area contributed by atoms with E-state index >= 15 is 0 Å². The summed E-state index contributed by atoms with van der Waals surface area (Å²) in [7, 11) is 0. The summed E-state index contributed by atoms with van der Waals surface area (Å²) in [6.07, 6.45) is 1.04. The van der Waals surface area contributed by atoms with E-state index in [4.69, 9.17) is 5.73 Å². The smallest absolute Gasteiger partial charge is 0.404 e. The number of rotatable bonds is 8. The monoisotopic (exact) mass is 267 g/mol. The number of amides is 1. The molecular formula is C12H21N5O2. The van der Waals surface area contributed by atoms with Crippen LogP contribution in [0.5, 0.6) is 0 Å². The van der Waals surface area contributed by atoms with Crippen LogP contribution in [0.3, 0.4) is 0 Å². The van der Waals surface area contributed by atoms with Gasteiger partial charge in [0.2, 0.25) is 0 Å². The second kappa shape index (κ2) is 8.12. The second-order valence-electron chi connectivity index (χ2n) is 3.93. The fraction of sp³-hybridized carbons (Fsp3) is 0.583. The van der Waals surface area contributed by atoms with E-state index in [0.717, 1.165) is 31.0 Å². The van der Waals surface area contributed by atoms with Crippen LogP contribution in [0.1, 0.15) is 26.1 Å². The van der Waals surface area contributed by atoms with Gasteiger partial charge < -0.3 is 21.1 Å². The molecule has 1 aromatic heterocycles. The minimum atomic E-state index is -0.774.